The van der Waals surface area contributed by atoms with Crippen LogP contribution >= 0.6 is 11.8 Å². The smallest absolute Gasteiger partial charge is 0.335 e. The number of benzene rings is 1. The molecule has 0 fully saturated rings. The number of aromatic nitrogens is 4. The fourth-order valence-electron chi connectivity index (χ4n) is 2.60. The van der Waals surface area contributed by atoms with Crippen LogP contribution in [0.5, 0.6) is 0 Å². The first-order valence-corrected chi connectivity index (χ1v) is 9.02. The SMILES string of the molecule is CSc1ncnc2cnn(CCOCCc3ccccc3C(=O)O)c12. The zero-order valence-corrected chi connectivity index (χ0v) is 14.6. The normalized spacial score (nSPS) is 11.1. The largest absolute Gasteiger partial charge is 0.478 e. The minimum atomic E-state index is -0.914. The lowest BCUT2D eigenvalue weighted by molar-refractivity contribution is 0.0694. The number of nitrogens with zero attached hydrogens (tertiary/aromatic N) is 4. The van der Waals surface area contributed by atoms with E-state index >= 15 is 0 Å². The molecule has 1 aromatic carbocycles. The molecule has 0 radical (unpaired) electrons. The zero-order chi connectivity index (χ0) is 17.6. The first-order valence-electron chi connectivity index (χ1n) is 7.80. The molecule has 7 nitrogen and oxygen atoms in total. The predicted molar refractivity (Wildman–Crippen MR) is 95.0 cm³/mol. The molecule has 1 N–H and O–H groups in total. The van der Waals surface area contributed by atoms with Crippen LogP contribution in [0.4, 0.5) is 0 Å². The van der Waals surface area contributed by atoms with Crippen molar-refractivity contribution in [3.8, 4) is 0 Å². The van der Waals surface area contributed by atoms with Crippen molar-refractivity contribution in [1.82, 2.24) is 19.7 Å². The molecule has 0 saturated heterocycles. The van der Waals surface area contributed by atoms with Crippen molar-refractivity contribution in [2.45, 2.75) is 18.0 Å². The van der Waals surface area contributed by atoms with Gasteiger partial charge in [-0.15, -0.1) is 11.8 Å². The first-order chi connectivity index (χ1) is 12.2. The van der Waals surface area contributed by atoms with Gasteiger partial charge in [-0.05, 0) is 24.3 Å². The van der Waals surface area contributed by atoms with E-state index < -0.39 is 5.97 Å². The van der Waals surface area contributed by atoms with Crippen LogP contribution in [0.25, 0.3) is 11.0 Å². The molecule has 130 valence electrons. The number of ether oxygens (including phenoxy) is 1. The van der Waals surface area contributed by atoms with E-state index in [4.69, 9.17) is 4.74 Å². The molecular formula is C17H18N4O3S. The highest BCUT2D eigenvalue weighted by Gasteiger charge is 2.10. The van der Waals surface area contributed by atoms with Crippen molar-refractivity contribution in [2.75, 3.05) is 19.5 Å². The molecule has 3 aromatic rings. The molecule has 3 rings (SSSR count). The average Bonchev–Trinajstić information content (AvgIpc) is 3.05. The van der Waals surface area contributed by atoms with Crippen LogP contribution in [-0.4, -0.2) is 50.3 Å². The Balaban J connectivity index is 1.55. The van der Waals surface area contributed by atoms with Crippen LogP contribution in [0.2, 0.25) is 0 Å². The van der Waals surface area contributed by atoms with Gasteiger partial charge in [0.1, 0.15) is 22.4 Å². The summed E-state index contributed by atoms with van der Waals surface area (Å²) < 4.78 is 7.51. The number of rotatable bonds is 8. The van der Waals surface area contributed by atoms with Gasteiger partial charge in [0, 0.05) is 0 Å². The molecule has 0 unspecified atom stereocenters. The van der Waals surface area contributed by atoms with E-state index in [9.17, 15) is 9.90 Å². The lowest BCUT2D eigenvalue weighted by Crippen LogP contribution is -2.11. The summed E-state index contributed by atoms with van der Waals surface area (Å²) in [6.45, 7) is 1.52. The highest BCUT2D eigenvalue weighted by atomic mass is 32.2. The lowest BCUT2D eigenvalue weighted by Gasteiger charge is -2.08. The fraction of sp³-hybridized carbons (Fsp3) is 0.294. The Kier molecular flexibility index (Phi) is 5.62. The number of hydrogen-bond donors (Lipinski definition) is 1. The maximum Gasteiger partial charge on any atom is 0.335 e. The summed E-state index contributed by atoms with van der Waals surface area (Å²) in [7, 11) is 0. The second-order valence-corrected chi connectivity index (χ2v) is 6.10. The monoisotopic (exact) mass is 358 g/mol. The van der Waals surface area contributed by atoms with E-state index in [2.05, 4.69) is 15.1 Å². The van der Waals surface area contributed by atoms with Crippen LogP contribution in [0.1, 0.15) is 15.9 Å². The second kappa shape index (κ2) is 8.09. The summed E-state index contributed by atoms with van der Waals surface area (Å²) in [6.07, 6.45) is 5.79. The molecule has 8 heteroatoms. The Morgan fingerprint density at radius 1 is 1.28 bits per heavy atom. The molecule has 0 bridgehead atoms. The van der Waals surface area contributed by atoms with Crippen LogP contribution in [0, 0.1) is 0 Å². The van der Waals surface area contributed by atoms with Gasteiger partial charge in [-0.1, -0.05) is 18.2 Å². The van der Waals surface area contributed by atoms with E-state index in [1.54, 1.807) is 30.1 Å². The molecule has 0 atom stereocenters. The van der Waals surface area contributed by atoms with Gasteiger partial charge in [-0.2, -0.15) is 5.10 Å². The van der Waals surface area contributed by atoms with Crippen LogP contribution < -0.4 is 0 Å². The minimum absolute atomic E-state index is 0.325. The summed E-state index contributed by atoms with van der Waals surface area (Å²) in [5, 5.41) is 14.4. The van der Waals surface area contributed by atoms with E-state index in [0.717, 1.165) is 21.6 Å². The van der Waals surface area contributed by atoms with E-state index in [1.165, 1.54) is 6.33 Å². The molecule has 0 aliphatic heterocycles. The van der Waals surface area contributed by atoms with Crippen LogP contribution in [-0.2, 0) is 17.7 Å². The Hall–Kier alpha value is -2.45. The summed E-state index contributed by atoms with van der Waals surface area (Å²) >= 11 is 1.55. The number of carbonyl (C=O) groups is 1. The quantitative estimate of drug-likeness (QED) is 0.376. The third-order valence-electron chi connectivity index (χ3n) is 3.80. The Morgan fingerprint density at radius 3 is 2.92 bits per heavy atom. The number of carboxylic acid groups (broad SMARTS) is 1. The number of aromatic carboxylic acids is 1. The van der Waals surface area contributed by atoms with E-state index in [0.29, 0.717) is 31.7 Å². The summed E-state index contributed by atoms with van der Waals surface area (Å²) in [4.78, 5) is 19.7. The molecule has 0 spiro atoms. The lowest BCUT2D eigenvalue weighted by atomic mass is 10.1. The highest BCUT2D eigenvalue weighted by molar-refractivity contribution is 7.98. The third-order valence-corrected chi connectivity index (χ3v) is 4.48. The van der Waals surface area contributed by atoms with Crippen LogP contribution in [0.15, 0.2) is 41.8 Å². The molecule has 0 aliphatic rings. The molecular weight excluding hydrogens is 340 g/mol. The molecule has 0 amide bonds. The average molecular weight is 358 g/mol. The van der Waals surface area contributed by atoms with Gasteiger partial charge in [0.2, 0.25) is 0 Å². The van der Waals surface area contributed by atoms with Gasteiger partial charge in [-0.3, -0.25) is 4.68 Å². The maximum atomic E-state index is 11.2. The van der Waals surface area contributed by atoms with Crippen molar-refractivity contribution in [3.63, 3.8) is 0 Å². The molecule has 25 heavy (non-hydrogen) atoms. The molecule has 2 heterocycles. The third kappa shape index (κ3) is 3.97. The molecule has 2 aromatic heterocycles. The highest BCUT2D eigenvalue weighted by Crippen LogP contribution is 2.21. The topological polar surface area (TPSA) is 90.1 Å². The van der Waals surface area contributed by atoms with Gasteiger partial charge in [0.15, 0.2) is 0 Å². The van der Waals surface area contributed by atoms with Crippen molar-refractivity contribution in [2.24, 2.45) is 0 Å². The summed E-state index contributed by atoms with van der Waals surface area (Å²) in [5.74, 6) is -0.914. The Bertz CT molecular complexity index is 881. The predicted octanol–water partition coefficient (Wildman–Crippen LogP) is 2.51. The van der Waals surface area contributed by atoms with E-state index in [1.807, 2.05) is 23.1 Å². The summed E-state index contributed by atoms with van der Waals surface area (Å²) in [6, 6.07) is 6.98. The standard InChI is InChI=1S/C17H18N4O3S/c1-25-16-15-14(18-11-19-16)10-20-21(15)7-9-24-8-6-12-4-2-3-5-13(12)17(22)23/h2-5,10-11H,6-9H2,1H3,(H,22,23). The van der Waals surface area contributed by atoms with Crippen molar-refractivity contribution < 1.29 is 14.6 Å². The Labute approximate surface area is 149 Å². The van der Waals surface area contributed by atoms with Crippen molar-refractivity contribution >= 4 is 28.8 Å². The number of thioether (sulfide) groups is 1. The van der Waals surface area contributed by atoms with Gasteiger partial charge >= 0.3 is 5.97 Å². The summed E-state index contributed by atoms with van der Waals surface area (Å²) in [5.41, 5.74) is 2.83. The van der Waals surface area contributed by atoms with Gasteiger partial charge < -0.3 is 9.84 Å². The van der Waals surface area contributed by atoms with Gasteiger partial charge in [0.25, 0.3) is 0 Å². The van der Waals surface area contributed by atoms with E-state index in [-0.39, 0.29) is 0 Å². The molecule has 0 saturated carbocycles. The van der Waals surface area contributed by atoms with Gasteiger partial charge in [0.05, 0.1) is 31.5 Å². The maximum absolute atomic E-state index is 11.2. The van der Waals surface area contributed by atoms with Crippen molar-refractivity contribution in [3.05, 3.63) is 47.9 Å². The molecule has 0 aliphatic carbocycles. The second-order valence-electron chi connectivity index (χ2n) is 5.31. The fourth-order valence-corrected chi connectivity index (χ4v) is 3.15. The number of carboxylic acids is 1. The zero-order valence-electron chi connectivity index (χ0n) is 13.8. The van der Waals surface area contributed by atoms with Gasteiger partial charge in [-0.25, -0.2) is 14.8 Å². The van der Waals surface area contributed by atoms with Crippen LogP contribution in [0.3, 0.4) is 0 Å². The first kappa shape index (κ1) is 17.4. The van der Waals surface area contributed by atoms with Crippen molar-refractivity contribution in [1.29, 1.82) is 0 Å². The minimum Gasteiger partial charge on any atom is -0.478 e. The number of hydrogen-bond acceptors (Lipinski definition) is 6. The number of fused-ring (bicyclic) bond motifs is 1. The Morgan fingerprint density at radius 2 is 2.12 bits per heavy atom.